The third-order valence-electron chi connectivity index (χ3n) is 6.81. The van der Waals surface area contributed by atoms with Gasteiger partial charge in [-0.3, -0.25) is 14.9 Å². The molecule has 0 atom stereocenters. The molecule has 3 nitrogen and oxygen atoms in total. The Morgan fingerprint density at radius 3 is 1.38 bits per heavy atom. The van der Waals surface area contributed by atoms with Crippen molar-refractivity contribution in [3.8, 4) is 22.5 Å². The van der Waals surface area contributed by atoms with E-state index in [2.05, 4.69) is 101 Å². The average molecular weight is 705 g/mol. The van der Waals surface area contributed by atoms with E-state index in [0.717, 1.165) is 39.8 Å². The summed E-state index contributed by atoms with van der Waals surface area (Å²) in [5.74, 6) is 1.61. The summed E-state index contributed by atoms with van der Waals surface area (Å²) < 4.78 is 0. The molecule has 0 aliphatic rings. The van der Waals surface area contributed by atoms with Gasteiger partial charge >= 0.3 is 21.1 Å². The summed E-state index contributed by atoms with van der Waals surface area (Å²) >= 11 is 0. The van der Waals surface area contributed by atoms with Crippen LogP contribution in [-0.4, -0.2) is 9.97 Å². The molecule has 0 amide bonds. The molecule has 0 fully saturated rings. The molecule has 40 heavy (non-hydrogen) atoms. The van der Waals surface area contributed by atoms with E-state index in [1.54, 1.807) is 0 Å². The first kappa shape index (κ1) is 29.4. The molecule has 204 valence electrons. The van der Waals surface area contributed by atoms with Gasteiger partial charge in [0.1, 0.15) is 11.6 Å². The number of benzene rings is 3. The summed E-state index contributed by atoms with van der Waals surface area (Å²) in [5.41, 5.74) is 7.19. The second-order valence-electron chi connectivity index (χ2n) is 11.9. The molecule has 0 bridgehead atoms. The molecule has 0 aliphatic carbocycles. The fraction of sp³-hybridized carbons (Fsp3) is 0.222. The maximum absolute atomic E-state index is 5.13. The fourth-order valence-corrected chi connectivity index (χ4v) is 4.49. The Morgan fingerprint density at radius 1 is 0.550 bits per heavy atom. The minimum Gasteiger partial charge on any atom is -0.280 e. The molecule has 5 aromatic rings. The quantitative estimate of drug-likeness (QED) is 0.171. The van der Waals surface area contributed by atoms with Crippen molar-refractivity contribution in [1.29, 1.82) is 0 Å². The van der Waals surface area contributed by atoms with Gasteiger partial charge in [0.05, 0.1) is 0 Å². The fourth-order valence-electron chi connectivity index (χ4n) is 4.49. The Bertz CT molecular complexity index is 1450. The first-order valence-corrected chi connectivity index (χ1v) is 13.4. The molecular formula is C36H35N3Pt. The Morgan fingerprint density at radius 2 is 1.00 bits per heavy atom. The van der Waals surface area contributed by atoms with Gasteiger partial charge in [0.15, 0.2) is 0 Å². The maximum atomic E-state index is 5.13. The summed E-state index contributed by atoms with van der Waals surface area (Å²) in [6, 6.07) is 41.7. The summed E-state index contributed by atoms with van der Waals surface area (Å²) in [7, 11) is 0. The van der Waals surface area contributed by atoms with Crippen LogP contribution in [0.5, 0.6) is 0 Å². The molecule has 0 spiro atoms. The van der Waals surface area contributed by atoms with Crippen LogP contribution in [0.1, 0.15) is 52.7 Å². The van der Waals surface area contributed by atoms with Crippen molar-refractivity contribution >= 4 is 17.3 Å². The van der Waals surface area contributed by atoms with Crippen molar-refractivity contribution < 1.29 is 21.1 Å². The summed E-state index contributed by atoms with van der Waals surface area (Å²) in [6.07, 6.45) is 0. The molecule has 2 heterocycles. The molecule has 0 saturated heterocycles. The largest absolute Gasteiger partial charge is 2.00 e. The van der Waals surface area contributed by atoms with Crippen LogP contribution in [0.2, 0.25) is 0 Å². The van der Waals surface area contributed by atoms with Crippen LogP contribution in [-0.2, 0) is 31.9 Å². The zero-order valence-corrected chi connectivity index (χ0v) is 26.2. The normalized spacial score (nSPS) is 11.6. The summed E-state index contributed by atoms with van der Waals surface area (Å²) in [5, 5.41) is 0. The van der Waals surface area contributed by atoms with Crippen LogP contribution in [0.4, 0.5) is 17.3 Å². The van der Waals surface area contributed by atoms with Crippen LogP contribution >= 0.6 is 0 Å². The predicted molar refractivity (Wildman–Crippen MR) is 163 cm³/mol. The van der Waals surface area contributed by atoms with Crippen molar-refractivity contribution in [2.75, 3.05) is 4.90 Å². The van der Waals surface area contributed by atoms with Gasteiger partial charge < -0.3 is 0 Å². The third-order valence-corrected chi connectivity index (χ3v) is 6.81. The van der Waals surface area contributed by atoms with E-state index in [0.29, 0.717) is 0 Å². The first-order chi connectivity index (χ1) is 18.6. The van der Waals surface area contributed by atoms with Crippen LogP contribution in [0.25, 0.3) is 22.5 Å². The molecule has 0 aliphatic heterocycles. The van der Waals surface area contributed by atoms with Gasteiger partial charge in [-0.25, -0.2) is 0 Å². The van der Waals surface area contributed by atoms with Crippen molar-refractivity contribution in [2.45, 2.75) is 52.4 Å². The SMILES string of the molecule is CC(C)(C)c1cc(N(c2cccc(-c3[c-]cccc3)n2)c2cccc(-c3[c-]cccc3)n2)cc(C(C)(C)C)c1.[Pt+2]. The van der Waals surface area contributed by atoms with E-state index in [1.807, 2.05) is 60.7 Å². The minimum atomic E-state index is -0.0236. The monoisotopic (exact) mass is 704 g/mol. The number of hydrogen-bond donors (Lipinski definition) is 0. The maximum Gasteiger partial charge on any atom is 2.00 e. The van der Waals surface area contributed by atoms with E-state index in [-0.39, 0.29) is 31.9 Å². The van der Waals surface area contributed by atoms with Gasteiger partial charge in [0.25, 0.3) is 0 Å². The smallest absolute Gasteiger partial charge is 0.280 e. The van der Waals surface area contributed by atoms with E-state index in [9.17, 15) is 0 Å². The number of hydrogen-bond acceptors (Lipinski definition) is 3. The molecule has 0 unspecified atom stereocenters. The second kappa shape index (κ2) is 11.9. The van der Waals surface area contributed by atoms with Gasteiger partial charge in [-0.2, -0.15) is 0 Å². The Balaban J connectivity index is 0.00000370. The number of rotatable bonds is 5. The molecule has 0 radical (unpaired) electrons. The Labute approximate surface area is 253 Å². The average Bonchev–Trinajstić information content (AvgIpc) is 2.93. The first-order valence-electron chi connectivity index (χ1n) is 13.4. The predicted octanol–water partition coefficient (Wildman–Crippen LogP) is 9.47. The topological polar surface area (TPSA) is 29.0 Å². The van der Waals surface area contributed by atoms with E-state index >= 15 is 0 Å². The standard InChI is InChI=1S/C36H35N3.Pt/c1-35(2,3)28-23-29(36(4,5)6)25-30(24-28)39(33-21-13-19-31(37-33)26-15-9-7-10-16-26)34-22-14-20-32(38-34)27-17-11-8-12-18-27;/h7-15,17,19-25H,1-6H3;/q-2;+2. The molecule has 2 aromatic heterocycles. The van der Waals surface area contributed by atoms with Gasteiger partial charge in [0.2, 0.25) is 0 Å². The van der Waals surface area contributed by atoms with E-state index < -0.39 is 0 Å². The van der Waals surface area contributed by atoms with Crippen LogP contribution in [0.3, 0.4) is 0 Å². The summed E-state index contributed by atoms with van der Waals surface area (Å²) in [6.45, 7) is 13.6. The minimum absolute atomic E-state index is 0. The van der Waals surface area contributed by atoms with Gasteiger partial charge in [0, 0.05) is 5.69 Å². The second-order valence-corrected chi connectivity index (χ2v) is 11.9. The van der Waals surface area contributed by atoms with Crippen molar-refractivity contribution in [3.63, 3.8) is 0 Å². The molecule has 4 heteroatoms. The molecule has 3 aromatic carbocycles. The zero-order chi connectivity index (χ0) is 27.6. The van der Waals surface area contributed by atoms with Crippen LogP contribution in [0, 0.1) is 12.1 Å². The van der Waals surface area contributed by atoms with Crippen LogP contribution < -0.4 is 4.90 Å². The van der Waals surface area contributed by atoms with Crippen molar-refractivity contribution in [2.24, 2.45) is 0 Å². The molecular weight excluding hydrogens is 669 g/mol. The molecule has 0 N–H and O–H groups in total. The Kier molecular flexibility index (Phi) is 8.76. The summed E-state index contributed by atoms with van der Waals surface area (Å²) in [4.78, 5) is 12.4. The number of pyridine rings is 2. The van der Waals surface area contributed by atoms with E-state index in [1.165, 1.54) is 11.1 Å². The Hall–Kier alpha value is -3.55. The van der Waals surface area contributed by atoms with Gasteiger partial charge in [-0.1, -0.05) is 71.9 Å². The van der Waals surface area contributed by atoms with Crippen molar-refractivity contribution in [3.05, 3.63) is 126 Å². The van der Waals surface area contributed by atoms with Crippen molar-refractivity contribution in [1.82, 2.24) is 9.97 Å². The molecule has 0 saturated carbocycles. The van der Waals surface area contributed by atoms with Gasteiger partial charge in [-0.05, 0) is 57.6 Å². The zero-order valence-electron chi connectivity index (χ0n) is 24.0. The number of aromatic nitrogens is 2. The number of nitrogens with zero attached hydrogens (tertiary/aromatic N) is 3. The van der Waals surface area contributed by atoms with E-state index in [4.69, 9.17) is 9.97 Å². The van der Waals surface area contributed by atoms with Crippen LogP contribution in [0.15, 0.2) is 103 Å². The van der Waals surface area contributed by atoms with Gasteiger partial charge in [-0.15, -0.1) is 71.8 Å². The molecule has 5 rings (SSSR count). The number of anilines is 3. The third kappa shape index (κ3) is 6.59.